The van der Waals surface area contributed by atoms with Gasteiger partial charge in [0.25, 0.3) is 5.91 Å². The molecule has 0 radical (unpaired) electrons. The van der Waals surface area contributed by atoms with Crippen LogP contribution in [0.25, 0.3) is 0 Å². The van der Waals surface area contributed by atoms with Gasteiger partial charge in [-0.1, -0.05) is 6.07 Å². The predicted octanol–water partition coefficient (Wildman–Crippen LogP) is 2.45. The number of amides is 1. The smallest absolute Gasteiger partial charge is 0.257 e. The van der Waals surface area contributed by atoms with Crippen LogP contribution in [-0.2, 0) is 10.0 Å². The molecule has 1 fully saturated rings. The van der Waals surface area contributed by atoms with Gasteiger partial charge in [0.1, 0.15) is 0 Å². The number of hydrogen-bond donors (Lipinski definition) is 2. The maximum Gasteiger partial charge on any atom is 0.257 e. The first-order valence-corrected chi connectivity index (χ1v) is 9.52. The van der Waals surface area contributed by atoms with Crippen LogP contribution in [0.3, 0.4) is 0 Å². The normalized spacial score (nSPS) is 14.7. The molecule has 2 aromatic rings. The monoisotopic (exact) mass is 351 g/mol. The summed E-state index contributed by atoms with van der Waals surface area (Å²) >= 11 is 1.37. The lowest BCUT2D eigenvalue weighted by atomic mass is 10.1. The Hall–Kier alpha value is -1.77. The number of carbonyl (C=O) groups is 1. The van der Waals surface area contributed by atoms with Crippen molar-refractivity contribution in [1.29, 1.82) is 0 Å². The molecule has 3 rings (SSSR count). The van der Waals surface area contributed by atoms with Crippen LogP contribution < -0.4 is 10.0 Å². The second-order valence-corrected chi connectivity index (χ2v) is 8.55. The van der Waals surface area contributed by atoms with E-state index >= 15 is 0 Å². The number of hydrogen-bond acceptors (Lipinski definition) is 5. The molecule has 1 aliphatic rings. The molecule has 0 atom stereocenters. The topological polar surface area (TPSA) is 88.2 Å². The number of thiazole rings is 1. The first kappa shape index (κ1) is 16.1. The molecule has 1 aliphatic carbocycles. The molecule has 0 aliphatic heterocycles. The molecule has 0 spiro atoms. The van der Waals surface area contributed by atoms with Crippen LogP contribution in [0.5, 0.6) is 0 Å². The highest BCUT2D eigenvalue weighted by Crippen LogP contribution is 2.24. The van der Waals surface area contributed by atoms with Gasteiger partial charge in [-0.2, -0.15) is 0 Å². The molecule has 122 valence electrons. The standard InChI is InChI=1S/C15H17N3O3S2/c1-9-3-6-12(23(20,21)18-11-4-5-11)7-13(9)14(19)17-15-16-8-10(2)22-15/h3,6-8,11,18H,4-5H2,1-2H3,(H,16,17,19). The number of carbonyl (C=O) groups excluding carboxylic acids is 1. The lowest BCUT2D eigenvalue weighted by Gasteiger charge is -2.10. The van der Waals surface area contributed by atoms with Gasteiger partial charge in [-0.25, -0.2) is 18.1 Å². The van der Waals surface area contributed by atoms with Crippen molar-refractivity contribution < 1.29 is 13.2 Å². The lowest BCUT2D eigenvalue weighted by Crippen LogP contribution is -2.26. The molecule has 6 nitrogen and oxygen atoms in total. The minimum atomic E-state index is -3.58. The quantitative estimate of drug-likeness (QED) is 0.866. The zero-order valence-corrected chi connectivity index (χ0v) is 14.4. The Morgan fingerprint density at radius 1 is 1.30 bits per heavy atom. The van der Waals surface area contributed by atoms with Crippen LogP contribution in [0.4, 0.5) is 5.13 Å². The van der Waals surface area contributed by atoms with Crippen molar-refractivity contribution in [3.63, 3.8) is 0 Å². The van der Waals surface area contributed by atoms with Crippen molar-refractivity contribution in [2.75, 3.05) is 5.32 Å². The summed E-state index contributed by atoms with van der Waals surface area (Å²) in [7, 11) is -3.58. The molecule has 2 N–H and O–H groups in total. The van der Waals surface area contributed by atoms with E-state index in [1.165, 1.54) is 23.5 Å². The number of aryl methyl sites for hydroxylation is 2. The average Bonchev–Trinajstić information content (AvgIpc) is 3.19. The molecule has 1 aromatic carbocycles. The Labute approximate surface area is 139 Å². The van der Waals surface area contributed by atoms with Crippen molar-refractivity contribution in [2.24, 2.45) is 0 Å². The molecule has 0 bridgehead atoms. The maximum atomic E-state index is 12.4. The fourth-order valence-corrected chi connectivity index (χ4v) is 4.07. The second-order valence-electron chi connectivity index (χ2n) is 5.60. The number of benzene rings is 1. The molecule has 23 heavy (non-hydrogen) atoms. The third kappa shape index (κ3) is 3.77. The van der Waals surface area contributed by atoms with Gasteiger partial charge in [0, 0.05) is 22.7 Å². The first-order valence-electron chi connectivity index (χ1n) is 7.22. The molecule has 1 aromatic heterocycles. The summed E-state index contributed by atoms with van der Waals surface area (Å²) in [5.41, 5.74) is 1.04. The van der Waals surface area contributed by atoms with Crippen LogP contribution in [-0.4, -0.2) is 25.4 Å². The summed E-state index contributed by atoms with van der Waals surface area (Å²) in [5, 5.41) is 3.20. The van der Waals surface area contributed by atoms with E-state index < -0.39 is 10.0 Å². The fraction of sp³-hybridized carbons (Fsp3) is 0.333. The minimum Gasteiger partial charge on any atom is -0.298 e. The van der Waals surface area contributed by atoms with Crippen LogP contribution in [0.1, 0.15) is 33.6 Å². The molecule has 1 amide bonds. The zero-order valence-electron chi connectivity index (χ0n) is 12.8. The SMILES string of the molecule is Cc1cnc(NC(=O)c2cc(S(=O)(=O)NC3CC3)ccc2C)s1. The van der Waals surface area contributed by atoms with E-state index in [4.69, 9.17) is 0 Å². The Morgan fingerprint density at radius 2 is 2.04 bits per heavy atom. The number of rotatable bonds is 5. The molecule has 1 saturated carbocycles. The van der Waals surface area contributed by atoms with Crippen molar-refractivity contribution in [2.45, 2.75) is 37.6 Å². The molecule has 1 heterocycles. The lowest BCUT2D eigenvalue weighted by molar-refractivity contribution is 0.102. The van der Waals surface area contributed by atoms with Crippen molar-refractivity contribution in [1.82, 2.24) is 9.71 Å². The highest BCUT2D eigenvalue weighted by molar-refractivity contribution is 7.89. The van der Waals surface area contributed by atoms with Crippen molar-refractivity contribution in [3.05, 3.63) is 40.4 Å². The van der Waals surface area contributed by atoms with Crippen molar-refractivity contribution >= 4 is 32.4 Å². The van der Waals surface area contributed by atoms with Gasteiger partial charge in [0.2, 0.25) is 10.0 Å². The molecule has 0 saturated heterocycles. The number of anilines is 1. The summed E-state index contributed by atoms with van der Waals surface area (Å²) in [6, 6.07) is 4.60. The molecule has 0 unspecified atom stereocenters. The van der Waals surface area contributed by atoms with Gasteiger partial charge in [0.15, 0.2) is 5.13 Å². The number of aromatic nitrogens is 1. The second kappa shape index (κ2) is 6.03. The largest absolute Gasteiger partial charge is 0.298 e. The molecule has 8 heteroatoms. The maximum absolute atomic E-state index is 12.4. The summed E-state index contributed by atoms with van der Waals surface area (Å²) in [6.07, 6.45) is 3.40. The zero-order chi connectivity index (χ0) is 16.6. The van der Waals surface area contributed by atoms with E-state index in [0.717, 1.165) is 17.7 Å². The molecular weight excluding hydrogens is 334 g/mol. The first-order chi connectivity index (χ1) is 10.8. The third-order valence-electron chi connectivity index (χ3n) is 3.50. The summed E-state index contributed by atoms with van der Waals surface area (Å²) in [4.78, 5) is 17.6. The summed E-state index contributed by atoms with van der Waals surface area (Å²) in [6.45, 7) is 3.67. The van der Waals surface area contributed by atoms with E-state index in [1.54, 1.807) is 19.2 Å². The van der Waals surface area contributed by atoms with Gasteiger partial charge in [-0.3, -0.25) is 10.1 Å². The average molecular weight is 351 g/mol. The van der Waals surface area contributed by atoms with E-state index in [1.807, 2.05) is 6.92 Å². The minimum absolute atomic E-state index is 0.0249. The van der Waals surface area contributed by atoms with Crippen LogP contribution in [0.2, 0.25) is 0 Å². The van der Waals surface area contributed by atoms with E-state index in [9.17, 15) is 13.2 Å². The van der Waals surface area contributed by atoms with E-state index in [2.05, 4.69) is 15.0 Å². The Bertz CT molecular complexity index is 855. The Balaban J connectivity index is 1.86. The fourth-order valence-electron chi connectivity index (χ4n) is 2.08. The third-order valence-corrected chi connectivity index (χ3v) is 5.85. The van der Waals surface area contributed by atoms with Crippen molar-refractivity contribution in [3.8, 4) is 0 Å². The van der Waals surface area contributed by atoms with E-state index in [0.29, 0.717) is 16.3 Å². The van der Waals surface area contributed by atoms with Gasteiger partial charge in [-0.15, -0.1) is 11.3 Å². The van der Waals surface area contributed by atoms with Gasteiger partial charge in [-0.05, 0) is 44.4 Å². The highest BCUT2D eigenvalue weighted by Gasteiger charge is 2.28. The summed E-state index contributed by atoms with van der Waals surface area (Å²) in [5.74, 6) is -0.361. The number of sulfonamides is 1. The van der Waals surface area contributed by atoms with Gasteiger partial charge < -0.3 is 0 Å². The summed E-state index contributed by atoms with van der Waals surface area (Å²) < 4.78 is 27.2. The van der Waals surface area contributed by atoms with Crippen LogP contribution in [0.15, 0.2) is 29.3 Å². The van der Waals surface area contributed by atoms with Gasteiger partial charge in [0.05, 0.1) is 4.90 Å². The Kier molecular flexibility index (Phi) is 4.22. The number of nitrogens with zero attached hydrogens (tertiary/aromatic N) is 1. The predicted molar refractivity (Wildman–Crippen MR) is 89.3 cm³/mol. The van der Waals surface area contributed by atoms with Crippen LogP contribution in [0, 0.1) is 13.8 Å². The number of nitrogens with one attached hydrogen (secondary N) is 2. The van der Waals surface area contributed by atoms with E-state index in [-0.39, 0.29) is 16.8 Å². The highest BCUT2D eigenvalue weighted by atomic mass is 32.2. The molecular formula is C15H17N3O3S2. The Morgan fingerprint density at radius 3 is 2.65 bits per heavy atom. The van der Waals surface area contributed by atoms with Gasteiger partial charge >= 0.3 is 0 Å². The van der Waals surface area contributed by atoms with Crippen LogP contribution >= 0.6 is 11.3 Å².